The SMILES string of the molecule is CCC(=O)c1ccc2c(c1)/C(=C(/CC)OC)C(=O)N2C(C)=O. The molecule has 1 heterocycles. The Morgan fingerprint density at radius 1 is 1.18 bits per heavy atom. The molecular formula is C17H19NO4. The molecule has 0 unspecified atom stereocenters. The Kier molecular flexibility index (Phi) is 4.45. The van der Waals surface area contributed by atoms with Crippen molar-refractivity contribution in [3.63, 3.8) is 0 Å². The van der Waals surface area contributed by atoms with Crippen molar-refractivity contribution in [1.82, 2.24) is 0 Å². The van der Waals surface area contributed by atoms with Gasteiger partial charge in [-0.15, -0.1) is 0 Å². The largest absolute Gasteiger partial charge is 0.500 e. The molecule has 0 aromatic heterocycles. The van der Waals surface area contributed by atoms with Gasteiger partial charge in [0.25, 0.3) is 5.91 Å². The highest BCUT2D eigenvalue weighted by atomic mass is 16.5. The number of nitrogens with zero attached hydrogens (tertiary/aromatic N) is 1. The Morgan fingerprint density at radius 2 is 1.86 bits per heavy atom. The van der Waals surface area contributed by atoms with Gasteiger partial charge in [-0.1, -0.05) is 13.8 Å². The fourth-order valence-corrected chi connectivity index (χ4v) is 2.65. The number of imide groups is 1. The van der Waals surface area contributed by atoms with Gasteiger partial charge in [0.2, 0.25) is 5.91 Å². The quantitative estimate of drug-likeness (QED) is 0.487. The van der Waals surface area contributed by atoms with Crippen LogP contribution in [0, 0.1) is 0 Å². The molecule has 0 saturated carbocycles. The minimum atomic E-state index is -0.401. The van der Waals surface area contributed by atoms with Crippen LogP contribution in [-0.2, 0) is 14.3 Å². The van der Waals surface area contributed by atoms with E-state index in [9.17, 15) is 14.4 Å². The molecule has 1 aromatic rings. The first kappa shape index (κ1) is 15.9. The molecule has 1 aliphatic rings. The van der Waals surface area contributed by atoms with Gasteiger partial charge in [0.1, 0.15) is 5.76 Å². The van der Waals surface area contributed by atoms with E-state index in [0.29, 0.717) is 41.0 Å². The second kappa shape index (κ2) is 6.13. The van der Waals surface area contributed by atoms with Crippen molar-refractivity contribution >= 4 is 28.9 Å². The van der Waals surface area contributed by atoms with Gasteiger partial charge in [-0.3, -0.25) is 14.4 Å². The average Bonchev–Trinajstić information content (AvgIpc) is 2.80. The highest BCUT2D eigenvalue weighted by Gasteiger charge is 2.37. The van der Waals surface area contributed by atoms with E-state index >= 15 is 0 Å². The van der Waals surface area contributed by atoms with Crippen LogP contribution in [0.5, 0.6) is 0 Å². The molecule has 0 spiro atoms. The number of hydrogen-bond donors (Lipinski definition) is 0. The highest BCUT2D eigenvalue weighted by Crippen LogP contribution is 2.40. The van der Waals surface area contributed by atoms with Gasteiger partial charge >= 0.3 is 0 Å². The fraction of sp³-hybridized carbons (Fsp3) is 0.353. The Morgan fingerprint density at radius 3 is 2.36 bits per heavy atom. The standard InChI is InChI=1S/C17H19NO4/c1-5-14(20)11-7-8-13-12(9-11)16(15(6-2)22-4)17(21)18(13)10(3)19/h7-9H,5-6H2,1-4H3/b16-15+. The monoisotopic (exact) mass is 301 g/mol. The maximum atomic E-state index is 12.6. The maximum Gasteiger partial charge on any atom is 0.269 e. The summed E-state index contributed by atoms with van der Waals surface area (Å²) in [6.45, 7) is 5.00. The summed E-state index contributed by atoms with van der Waals surface area (Å²) in [6, 6.07) is 4.97. The van der Waals surface area contributed by atoms with E-state index in [0.717, 1.165) is 4.90 Å². The van der Waals surface area contributed by atoms with Gasteiger partial charge in [0.05, 0.1) is 18.4 Å². The lowest BCUT2D eigenvalue weighted by Gasteiger charge is -2.12. The van der Waals surface area contributed by atoms with Crippen molar-refractivity contribution in [3.05, 3.63) is 35.1 Å². The van der Waals surface area contributed by atoms with Crippen LogP contribution in [0.25, 0.3) is 5.57 Å². The zero-order chi connectivity index (χ0) is 16.4. The number of ketones is 1. The number of Topliss-reactive ketones (excluding diaryl/α,β-unsaturated/α-hetero) is 1. The number of benzene rings is 1. The molecule has 5 nitrogen and oxygen atoms in total. The summed E-state index contributed by atoms with van der Waals surface area (Å²) in [4.78, 5) is 37.4. The van der Waals surface area contributed by atoms with Crippen LogP contribution in [0.3, 0.4) is 0 Å². The number of anilines is 1. The molecular weight excluding hydrogens is 282 g/mol. The minimum Gasteiger partial charge on any atom is -0.500 e. The normalized spacial score (nSPS) is 15.6. The highest BCUT2D eigenvalue weighted by molar-refractivity contribution is 6.40. The third kappa shape index (κ3) is 2.43. The molecule has 0 fully saturated rings. The molecule has 0 atom stereocenters. The molecule has 1 aliphatic heterocycles. The lowest BCUT2D eigenvalue weighted by atomic mass is 9.99. The summed E-state index contributed by atoms with van der Waals surface area (Å²) in [7, 11) is 1.50. The van der Waals surface area contributed by atoms with Crippen molar-refractivity contribution in [2.24, 2.45) is 0 Å². The summed E-state index contributed by atoms with van der Waals surface area (Å²) in [5.74, 6) is -0.257. The molecule has 5 heteroatoms. The number of amides is 2. The molecule has 116 valence electrons. The number of fused-ring (bicyclic) bond motifs is 1. The number of hydrogen-bond acceptors (Lipinski definition) is 4. The second-order valence-electron chi connectivity index (χ2n) is 5.02. The van der Waals surface area contributed by atoms with Crippen LogP contribution in [0.1, 0.15) is 49.5 Å². The Labute approximate surface area is 129 Å². The van der Waals surface area contributed by atoms with Crippen LogP contribution in [0.15, 0.2) is 24.0 Å². The van der Waals surface area contributed by atoms with Crippen LogP contribution in [0.2, 0.25) is 0 Å². The molecule has 0 aliphatic carbocycles. The van der Waals surface area contributed by atoms with Crippen molar-refractivity contribution in [3.8, 4) is 0 Å². The lowest BCUT2D eigenvalue weighted by Crippen LogP contribution is -2.31. The van der Waals surface area contributed by atoms with Gasteiger partial charge in [0, 0.05) is 30.9 Å². The summed E-state index contributed by atoms with van der Waals surface area (Å²) in [5, 5.41) is 0. The molecule has 0 saturated heterocycles. The molecule has 1 aromatic carbocycles. The summed E-state index contributed by atoms with van der Waals surface area (Å²) in [6.07, 6.45) is 0.905. The topological polar surface area (TPSA) is 63.7 Å². The predicted octanol–water partition coefficient (Wildman–Crippen LogP) is 2.94. The molecule has 0 N–H and O–H groups in total. The molecule has 22 heavy (non-hydrogen) atoms. The van der Waals surface area contributed by atoms with E-state index in [2.05, 4.69) is 0 Å². The Bertz CT molecular complexity index is 682. The second-order valence-corrected chi connectivity index (χ2v) is 5.02. The van der Waals surface area contributed by atoms with E-state index in [1.54, 1.807) is 25.1 Å². The van der Waals surface area contributed by atoms with Crippen molar-refractivity contribution in [1.29, 1.82) is 0 Å². The molecule has 0 bridgehead atoms. The van der Waals surface area contributed by atoms with Gasteiger partial charge in [-0.05, 0) is 18.2 Å². The number of ether oxygens (including phenoxy) is 1. The summed E-state index contributed by atoms with van der Waals surface area (Å²) < 4.78 is 5.30. The first-order valence-corrected chi connectivity index (χ1v) is 7.25. The zero-order valence-electron chi connectivity index (χ0n) is 13.2. The molecule has 2 amide bonds. The third-order valence-electron chi connectivity index (χ3n) is 3.73. The zero-order valence-corrected chi connectivity index (χ0v) is 13.2. The van der Waals surface area contributed by atoms with Crippen molar-refractivity contribution in [2.75, 3.05) is 12.0 Å². The van der Waals surface area contributed by atoms with Gasteiger partial charge in [0.15, 0.2) is 5.78 Å². The average molecular weight is 301 g/mol. The molecule has 2 rings (SSSR count). The van der Waals surface area contributed by atoms with Crippen LogP contribution in [0.4, 0.5) is 5.69 Å². The van der Waals surface area contributed by atoms with Crippen LogP contribution in [-0.4, -0.2) is 24.7 Å². The number of rotatable bonds is 4. The van der Waals surface area contributed by atoms with E-state index in [4.69, 9.17) is 4.74 Å². The van der Waals surface area contributed by atoms with E-state index in [-0.39, 0.29) is 11.7 Å². The number of carbonyl (C=O) groups is 3. The Balaban J connectivity index is 2.72. The van der Waals surface area contributed by atoms with E-state index in [1.165, 1.54) is 14.0 Å². The van der Waals surface area contributed by atoms with Crippen molar-refractivity contribution in [2.45, 2.75) is 33.6 Å². The minimum absolute atomic E-state index is 0.00802. The molecule has 0 radical (unpaired) electrons. The smallest absolute Gasteiger partial charge is 0.269 e. The first-order chi connectivity index (χ1) is 10.5. The van der Waals surface area contributed by atoms with Gasteiger partial charge in [-0.2, -0.15) is 0 Å². The lowest BCUT2D eigenvalue weighted by molar-refractivity contribution is -0.122. The maximum absolute atomic E-state index is 12.6. The number of allylic oxidation sites excluding steroid dienone is 1. The first-order valence-electron chi connectivity index (χ1n) is 7.25. The van der Waals surface area contributed by atoms with Crippen molar-refractivity contribution < 1.29 is 19.1 Å². The predicted molar refractivity (Wildman–Crippen MR) is 83.5 cm³/mol. The summed E-state index contributed by atoms with van der Waals surface area (Å²) >= 11 is 0. The van der Waals surface area contributed by atoms with E-state index < -0.39 is 5.91 Å². The number of methoxy groups -OCH3 is 1. The third-order valence-corrected chi connectivity index (χ3v) is 3.73. The summed E-state index contributed by atoms with van der Waals surface area (Å²) in [5.41, 5.74) is 1.98. The van der Waals surface area contributed by atoms with Crippen LogP contribution < -0.4 is 4.90 Å². The van der Waals surface area contributed by atoms with Crippen LogP contribution >= 0.6 is 0 Å². The van der Waals surface area contributed by atoms with Gasteiger partial charge in [-0.25, -0.2) is 4.90 Å². The van der Waals surface area contributed by atoms with E-state index in [1.807, 2.05) is 6.92 Å². The Hall–Kier alpha value is -2.43. The number of carbonyl (C=O) groups excluding carboxylic acids is 3. The van der Waals surface area contributed by atoms with Gasteiger partial charge < -0.3 is 4.74 Å². The fourth-order valence-electron chi connectivity index (χ4n) is 2.65.